The number of benzene rings is 10. The molecule has 6 aliphatic rings. The van der Waals surface area contributed by atoms with Gasteiger partial charge in [0, 0.05) is 0 Å². The zero-order valence-electron chi connectivity index (χ0n) is 38.5. The second kappa shape index (κ2) is 14.5. The van der Waals surface area contributed by atoms with Crippen molar-refractivity contribution in [2.75, 3.05) is 0 Å². The molecule has 0 nitrogen and oxygen atoms in total. The lowest BCUT2D eigenvalue weighted by atomic mass is 9.30. The summed E-state index contributed by atoms with van der Waals surface area (Å²) in [6, 6.07) is 78.4. The molecule has 0 unspecified atom stereocenters. The highest BCUT2D eigenvalue weighted by Gasteiger charge is 2.39. The van der Waals surface area contributed by atoms with E-state index in [-0.39, 0.29) is 20.1 Å². The fourth-order valence-corrected chi connectivity index (χ4v) is 14.4. The third-order valence-corrected chi connectivity index (χ3v) is 17.4. The lowest BCUT2D eigenvalue weighted by molar-refractivity contribution is 1.15. The smallest absolute Gasteiger partial charge is 0.0667 e. The average molecular weight is 871 g/mol. The first-order valence-corrected chi connectivity index (χ1v) is 25.3. The highest BCUT2D eigenvalue weighted by molar-refractivity contribution is 6.98. The third kappa shape index (κ3) is 5.68. The molecule has 0 atom stereocenters. The molecule has 0 aromatic heterocycles. The average Bonchev–Trinajstić information content (AvgIpc) is 3.40. The molecular weight excluding hydrogens is 825 g/mol. The van der Waals surface area contributed by atoms with Crippen LogP contribution in [0.4, 0.5) is 0 Å². The Morgan fingerprint density at radius 2 is 0.435 bits per heavy atom. The number of hydrogen-bond donors (Lipinski definition) is 0. The first-order chi connectivity index (χ1) is 34.1. The van der Waals surface area contributed by atoms with Gasteiger partial charge in [0.1, 0.15) is 0 Å². The quantitative estimate of drug-likeness (QED) is 0.160. The summed E-state index contributed by atoms with van der Waals surface area (Å²) >= 11 is 0. The molecule has 3 heteroatoms. The van der Waals surface area contributed by atoms with Gasteiger partial charge in [0.05, 0.1) is 0 Å². The Hall–Kier alpha value is -7.61. The van der Waals surface area contributed by atoms with Crippen molar-refractivity contribution in [3.63, 3.8) is 0 Å². The Morgan fingerprint density at radius 3 is 0.739 bits per heavy atom. The Labute approximate surface area is 406 Å². The van der Waals surface area contributed by atoms with Crippen molar-refractivity contribution in [3.05, 3.63) is 267 Å². The molecule has 0 radical (unpaired) electrons. The van der Waals surface area contributed by atoms with Gasteiger partial charge in [0.2, 0.25) is 20.1 Å². The molecule has 0 N–H and O–H groups in total. The fourth-order valence-electron chi connectivity index (χ4n) is 14.4. The summed E-state index contributed by atoms with van der Waals surface area (Å²) in [4.78, 5) is 0. The van der Waals surface area contributed by atoms with Gasteiger partial charge in [-0.1, -0.05) is 231 Å². The molecular formula is C66H45B3. The molecule has 10 aromatic carbocycles. The van der Waals surface area contributed by atoms with E-state index in [4.69, 9.17) is 0 Å². The maximum absolute atomic E-state index is 2.54. The Kier molecular flexibility index (Phi) is 8.04. The summed E-state index contributed by atoms with van der Waals surface area (Å²) in [5.41, 5.74) is 38.8. The third-order valence-electron chi connectivity index (χ3n) is 17.4. The normalized spacial score (nSPS) is 14.5. The largest absolute Gasteiger partial charge is 0.242 e. The molecule has 318 valence electrons. The van der Waals surface area contributed by atoms with Crippen LogP contribution in [0.5, 0.6) is 0 Å². The molecule has 16 rings (SSSR count). The minimum atomic E-state index is 0.279. The molecule has 0 saturated carbocycles. The van der Waals surface area contributed by atoms with Crippen LogP contribution >= 0.6 is 0 Å². The van der Waals surface area contributed by atoms with E-state index in [1.165, 1.54) is 133 Å². The van der Waals surface area contributed by atoms with E-state index in [0.717, 1.165) is 38.5 Å². The molecule has 6 aliphatic heterocycles. The van der Waals surface area contributed by atoms with Crippen LogP contribution in [0.2, 0.25) is 0 Å². The van der Waals surface area contributed by atoms with Crippen molar-refractivity contribution in [1.29, 1.82) is 0 Å². The summed E-state index contributed by atoms with van der Waals surface area (Å²) in [6.07, 6.45) is 5.96. The van der Waals surface area contributed by atoms with Gasteiger partial charge < -0.3 is 0 Å². The molecule has 0 amide bonds. The van der Waals surface area contributed by atoms with E-state index in [2.05, 4.69) is 200 Å². The minimum absolute atomic E-state index is 0.279. The molecule has 69 heavy (non-hydrogen) atoms. The molecule has 0 spiro atoms. The predicted octanol–water partition coefficient (Wildman–Crippen LogP) is 7.66. The lowest BCUT2D eigenvalue weighted by Gasteiger charge is -2.34. The zero-order chi connectivity index (χ0) is 44.9. The fraction of sp³-hybridized carbons (Fsp3) is 0.0909. The van der Waals surface area contributed by atoms with Gasteiger partial charge >= 0.3 is 0 Å². The van der Waals surface area contributed by atoms with Gasteiger partial charge in [0.25, 0.3) is 0 Å². The van der Waals surface area contributed by atoms with Crippen LogP contribution in [0.15, 0.2) is 200 Å². The maximum atomic E-state index is 2.54. The van der Waals surface area contributed by atoms with E-state index in [1.54, 1.807) is 16.4 Å². The predicted molar refractivity (Wildman–Crippen MR) is 292 cm³/mol. The van der Waals surface area contributed by atoms with E-state index < -0.39 is 0 Å². The van der Waals surface area contributed by atoms with Crippen LogP contribution in [-0.4, -0.2) is 20.1 Å². The molecule has 0 saturated heterocycles. The second-order valence-electron chi connectivity index (χ2n) is 21.0. The monoisotopic (exact) mass is 870 g/mol. The number of hydrogen-bond acceptors (Lipinski definition) is 0. The summed E-state index contributed by atoms with van der Waals surface area (Å²) < 4.78 is 0. The van der Waals surface area contributed by atoms with Gasteiger partial charge in [-0.05, 0) is 157 Å². The van der Waals surface area contributed by atoms with Crippen molar-refractivity contribution in [2.24, 2.45) is 0 Å². The van der Waals surface area contributed by atoms with Crippen molar-refractivity contribution in [3.8, 4) is 33.4 Å². The van der Waals surface area contributed by atoms with E-state index in [0.29, 0.717) is 0 Å². The first-order valence-electron chi connectivity index (χ1n) is 25.3. The summed E-state index contributed by atoms with van der Waals surface area (Å²) in [7, 11) is 0. The van der Waals surface area contributed by atoms with Crippen LogP contribution in [0.3, 0.4) is 0 Å². The highest BCUT2D eigenvalue weighted by atomic mass is 14.3. The molecule has 6 heterocycles. The minimum Gasteiger partial charge on any atom is -0.0667 e. The lowest BCUT2D eigenvalue weighted by Crippen LogP contribution is -2.61. The number of fused-ring (bicyclic) bond motifs is 12. The molecule has 10 aromatic rings. The van der Waals surface area contributed by atoms with Gasteiger partial charge in [-0.2, -0.15) is 0 Å². The Balaban J connectivity index is 0.857. The zero-order valence-corrected chi connectivity index (χ0v) is 38.5. The summed E-state index contributed by atoms with van der Waals surface area (Å²) in [5, 5.41) is 0. The Morgan fingerprint density at radius 1 is 0.188 bits per heavy atom. The van der Waals surface area contributed by atoms with Crippen molar-refractivity contribution in [2.45, 2.75) is 38.5 Å². The summed E-state index contributed by atoms with van der Waals surface area (Å²) in [6.45, 7) is 0.838. The first kappa shape index (κ1) is 38.4. The molecule has 0 bridgehead atoms. The van der Waals surface area contributed by atoms with Gasteiger partial charge in [-0.3, -0.25) is 0 Å². The topological polar surface area (TPSA) is 0 Å². The summed E-state index contributed by atoms with van der Waals surface area (Å²) in [5.74, 6) is 0. The second-order valence-corrected chi connectivity index (χ2v) is 21.0. The van der Waals surface area contributed by atoms with E-state index in [9.17, 15) is 0 Å². The maximum Gasteiger partial charge on any atom is 0.242 e. The van der Waals surface area contributed by atoms with Crippen LogP contribution < -0.4 is 49.2 Å². The van der Waals surface area contributed by atoms with Crippen molar-refractivity contribution in [1.82, 2.24) is 0 Å². The van der Waals surface area contributed by atoms with Gasteiger partial charge in [0.15, 0.2) is 0 Å². The van der Waals surface area contributed by atoms with E-state index in [1.807, 2.05) is 0 Å². The van der Waals surface area contributed by atoms with Crippen LogP contribution in [0.1, 0.15) is 66.8 Å². The Bertz CT molecular complexity index is 3480. The molecule has 0 aliphatic carbocycles. The molecule has 0 fully saturated rings. The van der Waals surface area contributed by atoms with Gasteiger partial charge in [-0.25, -0.2) is 0 Å². The van der Waals surface area contributed by atoms with Crippen molar-refractivity contribution < 1.29 is 0 Å². The van der Waals surface area contributed by atoms with Crippen molar-refractivity contribution >= 4 is 69.3 Å². The van der Waals surface area contributed by atoms with Crippen LogP contribution in [-0.2, 0) is 38.5 Å². The van der Waals surface area contributed by atoms with Crippen LogP contribution in [0.25, 0.3) is 33.4 Å². The highest BCUT2D eigenvalue weighted by Crippen LogP contribution is 2.36. The SMILES string of the molecule is c1ccc2c(c1)Cc1cccc3c1B2c1ccc(-c2cc(-c4ccc5c(c4)Cc4cccc6c4B5c4ccccc4C6)cc(-c4ccc5c(c4)Cc4cccc6c4B5c4ccccc4C6)c2)cc1C3. The van der Waals surface area contributed by atoms with Gasteiger partial charge in [-0.15, -0.1) is 0 Å². The standard InChI is InChI=1S/C66H45B3/c1-4-19-58-43(10-1)31-46-13-7-16-49-34-55-28-40(22-25-61(55)67(58)64(46)49)52-37-53(41-23-26-62-56(29-41)35-50-17-8-14-47-32-44-11-2-5-20-59(44)68(62)65(47)50)39-54(38-52)42-24-27-63-57(30-42)36-51-18-9-15-48-33-45-12-3-6-21-60(45)69(63)66(48)51/h1-30,37-39H,31-36H2. The van der Waals surface area contributed by atoms with E-state index >= 15 is 0 Å². The van der Waals surface area contributed by atoms with Crippen LogP contribution in [0, 0.1) is 0 Å². The number of rotatable bonds is 3.